The molecule has 1 fully saturated rings. The standard InChI is InChI=1S/C14H19Cl2N3O/c1-9-2-3-10(7-17)8-19(9)14(20)18-13-6-11(15)4-5-12(13)16/h4-6,9-10H,2-3,7-8,17H2,1H3,(H,18,20). The zero-order chi connectivity index (χ0) is 14.7. The minimum Gasteiger partial charge on any atom is -0.330 e. The highest BCUT2D eigenvalue weighted by Gasteiger charge is 2.28. The molecule has 0 aliphatic carbocycles. The summed E-state index contributed by atoms with van der Waals surface area (Å²) in [5.41, 5.74) is 6.24. The summed E-state index contributed by atoms with van der Waals surface area (Å²) in [6.45, 7) is 3.34. The Labute approximate surface area is 129 Å². The number of carbonyl (C=O) groups is 1. The fourth-order valence-electron chi connectivity index (χ4n) is 2.44. The number of nitrogens with zero attached hydrogens (tertiary/aromatic N) is 1. The Kier molecular flexibility index (Phi) is 5.13. The van der Waals surface area contributed by atoms with Gasteiger partial charge in [-0.3, -0.25) is 0 Å². The number of likely N-dealkylation sites (tertiary alicyclic amines) is 1. The van der Waals surface area contributed by atoms with E-state index < -0.39 is 0 Å². The van der Waals surface area contributed by atoms with Crippen molar-refractivity contribution in [3.8, 4) is 0 Å². The van der Waals surface area contributed by atoms with Crippen LogP contribution in [0.25, 0.3) is 0 Å². The van der Waals surface area contributed by atoms with Crippen molar-refractivity contribution >= 4 is 34.9 Å². The number of nitrogens with one attached hydrogen (secondary N) is 1. The van der Waals surface area contributed by atoms with Crippen molar-refractivity contribution in [2.24, 2.45) is 11.7 Å². The summed E-state index contributed by atoms with van der Waals surface area (Å²) in [4.78, 5) is 14.2. The number of anilines is 1. The van der Waals surface area contributed by atoms with E-state index in [0.717, 1.165) is 12.8 Å². The monoisotopic (exact) mass is 315 g/mol. The van der Waals surface area contributed by atoms with E-state index in [1.54, 1.807) is 18.2 Å². The van der Waals surface area contributed by atoms with E-state index in [-0.39, 0.29) is 12.1 Å². The van der Waals surface area contributed by atoms with Crippen molar-refractivity contribution in [3.63, 3.8) is 0 Å². The molecular weight excluding hydrogens is 297 g/mol. The molecule has 2 atom stereocenters. The average Bonchev–Trinajstić information content (AvgIpc) is 2.43. The molecule has 3 N–H and O–H groups in total. The highest BCUT2D eigenvalue weighted by Crippen LogP contribution is 2.27. The first-order valence-corrected chi connectivity index (χ1v) is 7.49. The van der Waals surface area contributed by atoms with Gasteiger partial charge in [-0.1, -0.05) is 23.2 Å². The average molecular weight is 316 g/mol. The van der Waals surface area contributed by atoms with E-state index in [1.165, 1.54) is 0 Å². The van der Waals surface area contributed by atoms with Gasteiger partial charge in [-0.2, -0.15) is 0 Å². The molecule has 2 unspecified atom stereocenters. The Hall–Kier alpha value is -0.970. The lowest BCUT2D eigenvalue weighted by molar-refractivity contribution is 0.144. The predicted octanol–water partition coefficient (Wildman–Crippen LogP) is 3.58. The van der Waals surface area contributed by atoms with Crippen LogP contribution < -0.4 is 11.1 Å². The predicted molar refractivity (Wildman–Crippen MR) is 83.4 cm³/mol. The molecule has 20 heavy (non-hydrogen) atoms. The topological polar surface area (TPSA) is 58.4 Å². The fraction of sp³-hybridized carbons (Fsp3) is 0.500. The van der Waals surface area contributed by atoms with Gasteiger partial charge in [-0.05, 0) is 50.4 Å². The second-order valence-corrected chi connectivity index (χ2v) is 6.08. The van der Waals surface area contributed by atoms with Gasteiger partial charge in [0.25, 0.3) is 0 Å². The highest BCUT2D eigenvalue weighted by molar-refractivity contribution is 6.35. The number of benzene rings is 1. The van der Waals surface area contributed by atoms with Crippen molar-refractivity contribution in [2.75, 3.05) is 18.4 Å². The summed E-state index contributed by atoms with van der Waals surface area (Å²) in [7, 11) is 0. The maximum Gasteiger partial charge on any atom is 0.322 e. The Morgan fingerprint density at radius 2 is 2.20 bits per heavy atom. The molecule has 1 aromatic carbocycles. The molecular formula is C14H19Cl2N3O. The lowest BCUT2D eigenvalue weighted by Crippen LogP contribution is -2.48. The number of carbonyl (C=O) groups excluding carboxylic acids is 1. The third-order valence-corrected chi connectivity index (χ3v) is 4.31. The number of urea groups is 1. The van der Waals surface area contributed by atoms with Crippen LogP contribution in [0.4, 0.5) is 10.5 Å². The van der Waals surface area contributed by atoms with Gasteiger partial charge in [0.2, 0.25) is 0 Å². The molecule has 0 spiro atoms. The zero-order valence-electron chi connectivity index (χ0n) is 11.4. The minimum absolute atomic E-state index is 0.153. The molecule has 1 heterocycles. The van der Waals surface area contributed by atoms with Gasteiger partial charge in [0.05, 0.1) is 10.7 Å². The van der Waals surface area contributed by atoms with Gasteiger partial charge in [0.15, 0.2) is 0 Å². The van der Waals surface area contributed by atoms with Crippen molar-refractivity contribution in [3.05, 3.63) is 28.2 Å². The molecule has 1 aliphatic heterocycles. The number of amides is 2. The van der Waals surface area contributed by atoms with Gasteiger partial charge in [0.1, 0.15) is 0 Å². The molecule has 1 aromatic rings. The van der Waals surface area contributed by atoms with Crippen LogP contribution in [0.1, 0.15) is 19.8 Å². The van der Waals surface area contributed by atoms with Crippen LogP contribution in [-0.4, -0.2) is 30.1 Å². The highest BCUT2D eigenvalue weighted by atomic mass is 35.5. The van der Waals surface area contributed by atoms with Gasteiger partial charge in [0, 0.05) is 17.6 Å². The van der Waals surface area contributed by atoms with Gasteiger partial charge >= 0.3 is 6.03 Å². The molecule has 0 saturated carbocycles. The molecule has 1 aliphatic rings. The summed E-state index contributed by atoms with van der Waals surface area (Å²) in [5.74, 6) is 0.367. The molecule has 2 amide bonds. The summed E-state index contributed by atoms with van der Waals surface area (Å²) in [6, 6.07) is 5.06. The first-order chi connectivity index (χ1) is 9.51. The Morgan fingerprint density at radius 1 is 1.45 bits per heavy atom. The van der Waals surface area contributed by atoms with Crippen LogP contribution in [0.2, 0.25) is 10.0 Å². The number of rotatable bonds is 2. The van der Waals surface area contributed by atoms with Gasteiger partial charge < -0.3 is 16.0 Å². The maximum absolute atomic E-state index is 12.4. The van der Waals surface area contributed by atoms with E-state index in [4.69, 9.17) is 28.9 Å². The number of hydrogen-bond donors (Lipinski definition) is 2. The van der Waals surface area contributed by atoms with Crippen molar-refractivity contribution in [1.29, 1.82) is 0 Å². The number of nitrogens with two attached hydrogens (primary N) is 1. The number of hydrogen-bond acceptors (Lipinski definition) is 2. The molecule has 0 radical (unpaired) electrons. The number of halogens is 2. The SMILES string of the molecule is CC1CCC(CN)CN1C(=O)Nc1cc(Cl)ccc1Cl. The normalized spacial score (nSPS) is 22.7. The fourth-order valence-corrected chi connectivity index (χ4v) is 2.77. The third-order valence-electron chi connectivity index (χ3n) is 3.74. The largest absolute Gasteiger partial charge is 0.330 e. The Bertz CT molecular complexity index is 495. The van der Waals surface area contributed by atoms with E-state index in [0.29, 0.717) is 34.7 Å². The maximum atomic E-state index is 12.4. The molecule has 0 aromatic heterocycles. The van der Waals surface area contributed by atoms with E-state index in [1.807, 2.05) is 11.8 Å². The second-order valence-electron chi connectivity index (χ2n) is 5.23. The lowest BCUT2D eigenvalue weighted by atomic mass is 9.94. The summed E-state index contributed by atoms with van der Waals surface area (Å²) >= 11 is 12.0. The summed E-state index contributed by atoms with van der Waals surface area (Å²) in [6.07, 6.45) is 2.04. The van der Waals surface area contributed by atoms with E-state index >= 15 is 0 Å². The van der Waals surface area contributed by atoms with Crippen LogP contribution >= 0.6 is 23.2 Å². The second kappa shape index (κ2) is 6.66. The quantitative estimate of drug-likeness (QED) is 0.876. The van der Waals surface area contributed by atoms with Crippen molar-refractivity contribution in [2.45, 2.75) is 25.8 Å². The summed E-state index contributed by atoms with van der Waals surface area (Å²) < 4.78 is 0. The first-order valence-electron chi connectivity index (χ1n) is 6.74. The summed E-state index contributed by atoms with van der Waals surface area (Å²) in [5, 5.41) is 3.84. The van der Waals surface area contributed by atoms with Crippen LogP contribution in [0.5, 0.6) is 0 Å². The molecule has 1 saturated heterocycles. The van der Waals surface area contributed by atoms with E-state index in [9.17, 15) is 4.79 Å². The minimum atomic E-state index is -0.153. The zero-order valence-corrected chi connectivity index (χ0v) is 12.9. The van der Waals surface area contributed by atoms with Crippen LogP contribution in [0.15, 0.2) is 18.2 Å². The molecule has 4 nitrogen and oxygen atoms in total. The first kappa shape index (κ1) is 15.4. The Morgan fingerprint density at radius 3 is 2.90 bits per heavy atom. The van der Waals surface area contributed by atoms with Gasteiger partial charge in [-0.25, -0.2) is 4.79 Å². The molecule has 2 rings (SSSR count). The molecule has 0 bridgehead atoms. The third kappa shape index (κ3) is 3.57. The van der Waals surface area contributed by atoms with Crippen molar-refractivity contribution < 1.29 is 4.79 Å². The van der Waals surface area contributed by atoms with Crippen molar-refractivity contribution in [1.82, 2.24) is 4.90 Å². The van der Waals surface area contributed by atoms with Crippen LogP contribution in [0.3, 0.4) is 0 Å². The van der Waals surface area contributed by atoms with E-state index in [2.05, 4.69) is 5.32 Å². The smallest absolute Gasteiger partial charge is 0.322 e. The molecule has 6 heteroatoms. The van der Waals surface area contributed by atoms with Crippen LogP contribution in [-0.2, 0) is 0 Å². The lowest BCUT2D eigenvalue weighted by Gasteiger charge is -2.37. The van der Waals surface area contributed by atoms with Gasteiger partial charge in [-0.15, -0.1) is 0 Å². The van der Waals surface area contributed by atoms with Crippen LogP contribution in [0, 0.1) is 5.92 Å². The molecule has 110 valence electrons. The Balaban J connectivity index is 2.08. The number of piperidine rings is 1.